The number of H-pyrrole nitrogens is 1. The fourth-order valence-corrected chi connectivity index (χ4v) is 2.76. The maximum Gasteiger partial charge on any atom is 0.111 e. The molecule has 0 spiro atoms. The van der Waals surface area contributed by atoms with Crippen LogP contribution in [0.2, 0.25) is 0 Å². The van der Waals surface area contributed by atoms with Crippen LogP contribution in [-0.2, 0) is 0 Å². The number of rotatable bonds is 2. The van der Waals surface area contributed by atoms with E-state index in [2.05, 4.69) is 28.2 Å². The van der Waals surface area contributed by atoms with E-state index in [1.807, 2.05) is 24.4 Å². The molecule has 0 unspecified atom stereocenters. The minimum Gasteiger partial charge on any atom is -0.282 e. The van der Waals surface area contributed by atoms with E-state index in [0.717, 1.165) is 17.3 Å². The van der Waals surface area contributed by atoms with Crippen molar-refractivity contribution in [1.82, 2.24) is 15.2 Å². The molecule has 0 aromatic carbocycles. The molecule has 94 valence electrons. The van der Waals surface area contributed by atoms with Gasteiger partial charge in [-0.25, -0.2) is 0 Å². The average Bonchev–Trinajstić information content (AvgIpc) is 2.90. The Morgan fingerprint density at radius 2 is 1.94 bits per heavy atom. The molecule has 1 aliphatic rings. The minimum atomic E-state index is 0.658. The van der Waals surface area contributed by atoms with Gasteiger partial charge in [0.05, 0.1) is 5.69 Å². The Morgan fingerprint density at radius 1 is 1.11 bits per heavy atom. The van der Waals surface area contributed by atoms with Crippen molar-refractivity contribution in [1.29, 1.82) is 0 Å². The van der Waals surface area contributed by atoms with E-state index >= 15 is 0 Å². The zero-order valence-electron chi connectivity index (χ0n) is 10.8. The van der Waals surface area contributed by atoms with Crippen molar-refractivity contribution in [3.05, 3.63) is 36.2 Å². The molecular formula is C15H19N3. The first-order valence-electron chi connectivity index (χ1n) is 6.79. The largest absolute Gasteiger partial charge is 0.282 e. The highest BCUT2D eigenvalue weighted by Gasteiger charge is 2.21. The highest BCUT2D eigenvalue weighted by atomic mass is 15.1. The van der Waals surface area contributed by atoms with E-state index < -0.39 is 0 Å². The van der Waals surface area contributed by atoms with Crippen LogP contribution in [-0.4, -0.2) is 15.2 Å². The van der Waals surface area contributed by atoms with Crippen molar-refractivity contribution in [3.63, 3.8) is 0 Å². The number of aromatic amines is 1. The molecule has 0 bridgehead atoms. The second-order valence-corrected chi connectivity index (χ2v) is 5.38. The second-order valence-electron chi connectivity index (χ2n) is 5.38. The minimum absolute atomic E-state index is 0.658. The number of hydrogen-bond donors (Lipinski definition) is 1. The molecule has 1 aliphatic carbocycles. The van der Waals surface area contributed by atoms with Gasteiger partial charge in [0.1, 0.15) is 5.69 Å². The predicted molar refractivity (Wildman–Crippen MR) is 72.2 cm³/mol. The molecule has 2 aromatic rings. The van der Waals surface area contributed by atoms with Crippen LogP contribution < -0.4 is 0 Å². The summed E-state index contributed by atoms with van der Waals surface area (Å²) in [6.07, 6.45) is 7.05. The molecule has 0 atom stereocenters. The van der Waals surface area contributed by atoms with Gasteiger partial charge in [0.2, 0.25) is 0 Å². The maximum atomic E-state index is 4.39. The molecule has 1 N–H and O–H groups in total. The van der Waals surface area contributed by atoms with Gasteiger partial charge in [-0.1, -0.05) is 25.8 Å². The van der Waals surface area contributed by atoms with E-state index in [1.54, 1.807) is 0 Å². The third-order valence-corrected chi connectivity index (χ3v) is 3.98. The third kappa shape index (κ3) is 2.30. The molecule has 18 heavy (non-hydrogen) atoms. The van der Waals surface area contributed by atoms with Crippen molar-refractivity contribution >= 4 is 0 Å². The second kappa shape index (κ2) is 4.92. The molecule has 0 saturated heterocycles. The Kier molecular flexibility index (Phi) is 3.13. The quantitative estimate of drug-likeness (QED) is 0.869. The molecule has 0 amide bonds. The normalized spacial score (nSPS) is 24.1. The fraction of sp³-hybridized carbons (Fsp3) is 0.467. The summed E-state index contributed by atoms with van der Waals surface area (Å²) in [4.78, 5) is 4.34. The Balaban J connectivity index is 1.78. The van der Waals surface area contributed by atoms with Gasteiger partial charge < -0.3 is 0 Å². The Labute approximate surface area is 108 Å². The maximum absolute atomic E-state index is 4.39. The highest BCUT2D eigenvalue weighted by molar-refractivity contribution is 5.53. The molecule has 3 heteroatoms. The first kappa shape index (κ1) is 11.5. The summed E-state index contributed by atoms with van der Waals surface area (Å²) in [5.41, 5.74) is 3.19. The Bertz CT molecular complexity index is 495. The van der Waals surface area contributed by atoms with Crippen LogP contribution in [0.5, 0.6) is 0 Å². The van der Waals surface area contributed by atoms with E-state index in [0.29, 0.717) is 5.92 Å². The molecular weight excluding hydrogens is 222 g/mol. The molecule has 0 radical (unpaired) electrons. The summed E-state index contributed by atoms with van der Waals surface area (Å²) in [7, 11) is 0. The fourth-order valence-electron chi connectivity index (χ4n) is 2.76. The first-order valence-corrected chi connectivity index (χ1v) is 6.79. The monoisotopic (exact) mass is 241 g/mol. The van der Waals surface area contributed by atoms with Gasteiger partial charge in [-0.05, 0) is 37.0 Å². The number of nitrogens with zero attached hydrogens (tertiary/aromatic N) is 2. The van der Waals surface area contributed by atoms with Crippen molar-refractivity contribution in [2.75, 3.05) is 0 Å². The van der Waals surface area contributed by atoms with Gasteiger partial charge in [-0.2, -0.15) is 5.10 Å². The van der Waals surface area contributed by atoms with Gasteiger partial charge in [0.25, 0.3) is 0 Å². The summed E-state index contributed by atoms with van der Waals surface area (Å²) in [5, 5.41) is 7.59. The summed E-state index contributed by atoms with van der Waals surface area (Å²) in [5.74, 6) is 1.55. The van der Waals surface area contributed by atoms with E-state index in [1.165, 1.54) is 31.4 Å². The lowest BCUT2D eigenvalue weighted by Gasteiger charge is -2.24. The van der Waals surface area contributed by atoms with Crippen LogP contribution in [0, 0.1) is 5.92 Å². The number of hydrogen-bond acceptors (Lipinski definition) is 2. The summed E-state index contributed by atoms with van der Waals surface area (Å²) < 4.78 is 0. The van der Waals surface area contributed by atoms with Gasteiger partial charge in [-0.3, -0.25) is 10.1 Å². The SMILES string of the molecule is CC1CCC(c2cc(-c3ccccn3)n[nH]2)CC1. The van der Waals surface area contributed by atoms with Gasteiger partial charge in [0, 0.05) is 17.8 Å². The Hall–Kier alpha value is -1.64. The summed E-state index contributed by atoms with van der Waals surface area (Å²) in [6.45, 7) is 2.35. The topological polar surface area (TPSA) is 41.6 Å². The van der Waals surface area contributed by atoms with E-state index in [9.17, 15) is 0 Å². The van der Waals surface area contributed by atoms with Crippen molar-refractivity contribution in [2.45, 2.75) is 38.5 Å². The molecule has 2 aromatic heterocycles. The van der Waals surface area contributed by atoms with E-state index in [-0.39, 0.29) is 0 Å². The van der Waals surface area contributed by atoms with Crippen LogP contribution in [0.3, 0.4) is 0 Å². The standard InChI is InChI=1S/C15H19N3/c1-11-5-7-12(8-6-11)14-10-15(18-17-14)13-4-2-3-9-16-13/h2-4,9-12H,5-8H2,1H3,(H,17,18). The average molecular weight is 241 g/mol. The van der Waals surface area contributed by atoms with Crippen LogP contribution in [0.4, 0.5) is 0 Å². The lowest BCUT2D eigenvalue weighted by Crippen LogP contribution is -2.10. The summed E-state index contributed by atoms with van der Waals surface area (Å²) >= 11 is 0. The van der Waals surface area contributed by atoms with Crippen molar-refractivity contribution in [2.24, 2.45) is 5.92 Å². The third-order valence-electron chi connectivity index (χ3n) is 3.98. The number of aromatic nitrogens is 3. The number of pyridine rings is 1. The van der Waals surface area contributed by atoms with E-state index in [4.69, 9.17) is 0 Å². The molecule has 1 fully saturated rings. The lowest BCUT2D eigenvalue weighted by atomic mass is 9.81. The van der Waals surface area contributed by atoms with Gasteiger partial charge >= 0.3 is 0 Å². The highest BCUT2D eigenvalue weighted by Crippen LogP contribution is 2.35. The van der Waals surface area contributed by atoms with Crippen molar-refractivity contribution < 1.29 is 0 Å². The molecule has 1 saturated carbocycles. The molecule has 0 aliphatic heterocycles. The Morgan fingerprint density at radius 3 is 2.67 bits per heavy atom. The smallest absolute Gasteiger partial charge is 0.111 e. The molecule has 3 nitrogen and oxygen atoms in total. The van der Waals surface area contributed by atoms with Crippen LogP contribution in [0.15, 0.2) is 30.5 Å². The predicted octanol–water partition coefficient (Wildman–Crippen LogP) is 3.77. The van der Waals surface area contributed by atoms with Crippen molar-refractivity contribution in [3.8, 4) is 11.4 Å². The van der Waals surface area contributed by atoms with Gasteiger partial charge in [-0.15, -0.1) is 0 Å². The van der Waals surface area contributed by atoms with Crippen LogP contribution >= 0.6 is 0 Å². The van der Waals surface area contributed by atoms with Crippen LogP contribution in [0.1, 0.15) is 44.2 Å². The molecule has 3 rings (SSSR count). The zero-order valence-corrected chi connectivity index (χ0v) is 10.8. The number of nitrogens with one attached hydrogen (secondary N) is 1. The zero-order chi connectivity index (χ0) is 12.4. The lowest BCUT2D eigenvalue weighted by molar-refractivity contribution is 0.344. The van der Waals surface area contributed by atoms with Gasteiger partial charge in [0.15, 0.2) is 0 Å². The summed E-state index contributed by atoms with van der Waals surface area (Å²) in [6, 6.07) is 8.10. The molecule has 2 heterocycles. The first-order chi connectivity index (χ1) is 8.83. The van der Waals surface area contributed by atoms with Crippen LogP contribution in [0.25, 0.3) is 11.4 Å².